The fourth-order valence-electron chi connectivity index (χ4n) is 3.09. The van der Waals surface area contributed by atoms with Crippen molar-refractivity contribution >= 4 is 0 Å². The summed E-state index contributed by atoms with van der Waals surface area (Å²) in [6.45, 7) is 5.10. The van der Waals surface area contributed by atoms with Gasteiger partial charge in [0.1, 0.15) is 5.75 Å². The molecule has 1 unspecified atom stereocenters. The topological polar surface area (TPSA) is 34.1 Å². The summed E-state index contributed by atoms with van der Waals surface area (Å²) >= 11 is 0. The zero-order chi connectivity index (χ0) is 17.6. The zero-order valence-corrected chi connectivity index (χ0v) is 15.0. The molecule has 0 radical (unpaired) electrons. The minimum Gasteiger partial charge on any atom is -0.497 e. The lowest BCUT2D eigenvalue weighted by Gasteiger charge is -2.21. The van der Waals surface area contributed by atoms with Crippen molar-refractivity contribution in [3.8, 4) is 5.75 Å². The van der Waals surface area contributed by atoms with E-state index in [1.165, 1.54) is 16.7 Å². The predicted octanol–water partition coefficient (Wildman–Crippen LogP) is 4.59. The van der Waals surface area contributed by atoms with Crippen molar-refractivity contribution < 1.29 is 4.74 Å². The highest BCUT2D eigenvalue weighted by atomic mass is 16.5. The largest absolute Gasteiger partial charge is 0.497 e. The molecule has 1 aromatic heterocycles. The summed E-state index contributed by atoms with van der Waals surface area (Å²) in [6.07, 6.45) is 1.84. The van der Waals surface area contributed by atoms with Crippen LogP contribution in [0, 0.1) is 13.8 Å². The van der Waals surface area contributed by atoms with Crippen molar-refractivity contribution in [3.63, 3.8) is 0 Å². The molecule has 0 bridgehead atoms. The summed E-state index contributed by atoms with van der Waals surface area (Å²) in [5.74, 6) is 0.854. The minimum atomic E-state index is 0.00954. The second-order valence-electron chi connectivity index (χ2n) is 6.22. The smallest absolute Gasteiger partial charge is 0.119 e. The molecule has 2 aromatic carbocycles. The number of pyridine rings is 1. The van der Waals surface area contributed by atoms with Crippen LogP contribution >= 0.6 is 0 Å². The lowest BCUT2D eigenvalue weighted by atomic mass is 9.99. The van der Waals surface area contributed by atoms with Crippen molar-refractivity contribution in [1.29, 1.82) is 0 Å². The van der Waals surface area contributed by atoms with Crippen LogP contribution in [0.5, 0.6) is 5.75 Å². The normalized spacial score (nSPS) is 12.0. The van der Waals surface area contributed by atoms with Crippen LogP contribution in [0.1, 0.15) is 34.0 Å². The number of hydrogen-bond acceptors (Lipinski definition) is 3. The zero-order valence-electron chi connectivity index (χ0n) is 15.0. The van der Waals surface area contributed by atoms with Gasteiger partial charge in [0.2, 0.25) is 0 Å². The number of rotatable bonds is 6. The van der Waals surface area contributed by atoms with E-state index in [1.807, 2.05) is 30.5 Å². The molecular formula is C22H24N2O. The van der Waals surface area contributed by atoms with Crippen molar-refractivity contribution in [2.75, 3.05) is 7.11 Å². The average molecular weight is 332 g/mol. The van der Waals surface area contributed by atoms with E-state index in [2.05, 4.69) is 60.5 Å². The first-order chi connectivity index (χ1) is 12.2. The van der Waals surface area contributed by atoms with Crippen molar-refractivity contribution in [2.45, 2.75) is 26.4 Å². The third-order valence-electron chi connectivity index (χ3n) is 4.54. The van der Waals surface area contributed by atoms with Gasteiger partial charge < -0.3 is 10.1 Å². The van der Waals surface area contributed by atoms with Crippen LogP contribution in [-0.2, 0) is 6.54 Å². The van der Waals surface area contributed by atoms with Crippen LogP contribution in [0.3, 0.4) is 0 Å². The molecular weight excluding hydrogens is 308 g/mol. The highest BCUT2D eigenvalue weighted by molar-refractivity contribution is 5.36. The van der Waals surface area contributed by atoms with E-state index in [0.29, 0.717) is 0 Å². The van der Waals surface area contributed by atoms with Gasteiger partial charge in [0.25, 0.3) is 0 Å². The number of aromatic nitrogens is 1. The molecule has 1 N–H and O–H groups in total. The number of nitrogens with one attached hydrogen (secondary N) is 1. The molecule has 1 atom stereocenters. The first kappa shape index (κ1) is 17.2. The molecule has 0 spiro atoms. The Morgan fingerprint density at radius 3 is 2.40 bits per heavy atom. The molecule has 128 valence electrons. The second-order valence-corrected chi connectivity index (χ2v) is 6.22. The van der Waals surface area contributed by atoms with Gasteiger partial charge in [-0.1, -0.05) is 36.4 Å². The van der Waals surface area contributed by atoms with E-state index in [9.17, 15) is 0 Å². The molecule has 0 saturated carbocycles. The van der Waals surface area contributed by atoms with Crippen molar-refractivity contribution in [2.24, 2.45) is 0 Å². The monoisotopic (exact) mass is 332 g/mol. The van der Waals surface area contributed by atoms with Gasteiger partial charge >= 0.3 is 0 Å². The fourth-order valence-corrected chi connectivity index (χ4v) is 3.09. The van der Waals surface area contributed by atoms with Crippen LogP contribution < -0.4 is 10.1 Å². The summed E-state index contributed by atoms with van der Waals surface area (Å²) in [6, 6.07) is 20.6. The molecule has 0 aliphatic heterocycles. The van der Waals surface area contributed by atoms with E-state index >= 15 is 0 Å². The van der Waals surface area contributed by atoms with E-state index in [1.54, 1.807) is 7.11 Å². The Kier molecular flexibility index (Phi) is 5.46. The Bertz CT molecular complexity index is 810. The molecule has 0 saturated heterocycles. The lowest BCUT2D eigenvalue weighted by Crippen LogP contribution is -2.23. The van der Waals surface area contributed by atoms with E-state index in [-0.39, 0.29) is 6.04 Å². The van der Waals surface area contributed by atoms with Gasteiger partial charge in [0, 0.05) is 12.7 Å². The Hall–Kier alpha value is -2.65. The van der Waals surface area contributed by atoms with Gasteiger partial charge in [-0.05, 0) is 60.4 Å². The third kappa shape index (κ3) is 4.06. The van der Waals surface area contributed by atoms with Crippen molar-refractivity contribution in [1.82, 2.24) is 10.3 Å². The molecule has 0 aliphatic rings. The molecule has 0 aliphatic carbocycles. The summed E-state index contributed by atoms with van der Waals surface area (Å²) in [5.41, 5.74) is 6.09. The summed E-state index contributed by atoms with van der Waals surface area (Å²) < 4.78 is 5.39. The van der Waals surface area contributed by atoms with Crippen LogP contribution in [0.2, 0.25) is 0 Å². The van der Waals surface area contributed by atoms with Crippen molar-refractivity contribution in [3.05, 3.63) is 94.8 Å². The van der Waals surface area contributed by atoms with Crippen LogP contribution in [0.4, 0.5) is 0 Å². The van der Waals surface area contributed by atoms with E-state index in [0.717, 1.165) is 23.6 Å². The number of methoxy groups -OCH3 is 1. The Labute approximate surface area is 149 Å². The molecule has 3 nitrogen and oxygen atoms in total. The SMILES string of the molecule is COc1cccc(C(NCc2c(C)cccc2C)c2ccccn2)c1. The first-order valence-corrected chi connectivity index (χ1v) is 8.52. The predicted molar refractivity (Wildman–Crippen MR) is 102 cm³/mol. The Morgan fingerprint density at radius 1 is 0.960 bits per heavy atom. The second kappa shape index (κ2) is 7.95. The molecule has 3 aromatic rings. The fraction of sp³-hybridized carbons (Fsp3) is 0.227. The first-order valence-electron chi connectivity index (χ1n) is 8.52. The quantitative estimate of drug-likeness (QED) is 0.717. The number of benzene rings is 2. The molecule has 3 rings (SSSR count). The maximum absolute atomic E-state index is 5.39. The number of nitrogens with zero attached hydrogens (tertiary/aromatic N) is 1. The maximum Gasteiger partial charge on any atom is 0.119 e. The van der Waals surface area contributed by atoms with Gasteiger partial charge in [-0.25, -0.2) is 0 Å². The Balaban J connectivity index is 1.92. The van der Waals surface area contributed by atoms with Gasteiger partial charge in [-0.3, -0.25) is 4.98 Å². The van der Waals surface area contributed by atoms with Crippen LogP contribution in [-0.4, -0.2) is 12.1 Å². The maximum atomic E-state index is 5.39. The van der Waals surface area contributed by atoms with Gasteiger partial charge in [-0.2, -0.15) is 0 Å². The van der Waals surface area contributed by atoms with Gasteiger partial charge in [-0.15, -0.1) is 0 Å². The number of hydrogen-bond donors (Lipinski definition) is 1. The summed E-state index contributed by atoms with van der Waals surface area (Å²) in [5, 5.41) is 3.68. The molecule has 0 fully saturated rings. The minimum absolute atomic E-state index is 0.00954. The van der Waals surface area contributed by atoms with E-state index < -0.39 is 0 Å². The molecule has 0 amide bonds. The Morgan fingerprint density at radius 2 is 1.72 bits per heavy atom. The van der Waals surface area contributed by atoms with Gasteiger partial charge in [0.15, 0.2) is 0 Å². The lowest BCUT2D eigenvalue weighted by molar-refractivity contribution is 0.413. The highest BCUT2D eigenvalue weighted by Crippen LogP contribution is 2.25. The summed E-state index contributed by atoms with van der Waals surface area (Å²) in [4.78, 5) is 4.56. The van der Waals surface area contributed by atoms with Gasteiger partial charge in [0.05, 0.1) is 18.8 Å². The molecule has 3 heteroatoms. The molecule has 1 heterocycles. The standard InChI is InChI=1S/C22H24N2O/c1-16-8-6-9-17(2)20(16)15-24-22(21-12-4-5-13-23-21)18-10-7-11-19(14-18)25-3/h4-14,22,24H,15H2,1-3H3. The number of aryl methyl sites for hydroxylation is 2. The highest BCUT2D eigenvalue weighted by Gasteiger charge is 2.16. The summed E-state index contributed by atoms with van der Waals surface area (Å²) in [7, 11) is 1.69. The van der Waals surface area contributed by atoms with Crippen LogP contribution in [0.25, 0.3) is 0 Å². The third-order valence-corrected chi connectivity index (χ3v) is 4.54. The van der Waals surface area contributed by atoms with Crippen LogP contribution in [0.15, 0.2) is 66.9 Å². The average Bonchev–Trinajstić information content (AvgIpc) is 2.65. The molecule has 25 heavy (non-hydrogen) atoms. The van der Waals surface area contributed by atoms with E-state index in [4.69, 9.17) is 4.74 Å². The number of ether oxygens (including phenoxy) is 1.